The van der Waals surface area contributed by atoms with Crippen molar-refractivity contribution in [1.82, 2.24) is 0 Å². The third-order valence-electron chi connectivity index (χ3n) is 4.31. The van der Waals surface area contributed by atoms with Gasteiger partial charge in [-0.05, 0) is 30.2 Å². The fourth-order valence-electron chi connectivity index (χ4n) is 3.01. The number of hydrogen-bond donors (Lipinski definition) is 0. The zero-order chi connectivity index (χ0) is 18.4. The minimum Gasteiger partial charge on any atom is -0.496 e. The first kappa shape index (κ1) is 17.7. The number of rotatable bonds is 6. The number of ether oxygens (including phenoxy) is 2. The maximum atomic E-state index is 12.9. The molecule has 0 amide bonds. The van der Waals surface area contributed by atoms with Crippen molar-refractivity contribution in [3.8, 4) is 5.75 Å². The van der Waals surface area contributed by atoms with Crippen molar-refractivity contribution >= 4 is 5.97 Å². The van der Waals surface area contributed by atoms with Crippen molar-refractivity contribution in [2.24, 2.45) is 0 Å². The molecule has 0 aliphatic rings. The normalized spacial score (nSPS) is 10.6. The quantitative estimate of drug-likeness (QED) is 0.597. The largest absolute Gasteiger partial charge is 0.496 e. The smallest absolute Gasteiger partial charge is 0.318 e. The van der Waals surface area contributed by atoms with Crippen molar-refractivity contribution in [3.63, 3.8) is 0 Å². The van der Waals surface area contributed by atoms with Crippen LogP contribution in [0.25, 0.3) is 0 Å². The number of methoxy groups -OCH3 is 1. The molecule has 3 aromatic carbocycles. The van der Waals surface area contributed by atoms with Gasteiger partial charge in [-0.15, -0.1) is 0 Å². The average Bonchev–Trinajstić information content (AvgIpc) is 2.68. The van der Waals surface area contributed by atoms with Crippen LogP contribution in [0.5, 0.6) is 5.75 Å². The van der Waals surface area contributed by atoms with Gasteiger partial charge in [0.05, 0.1) is 7.11 Å². The fraction of sp³-hybridized carbons (Fsp3) is 0.174. The maximum absolute atomic E-state index is 12.9. The van der Waals surface area contributed by atoms with Gasteiger partial charge in [-0.3, -0.25) is 4.79 Å². The van der Waals surface area contributed by atoms with E-state index in [1.165, 1.54) is 0 Å². The van der Waals surface area contributed by atoms with E-state index in [0.717, 1.165) is 28.0 Å². The van der Waals surface area contributed by atoms with Crippen LogP contribution < -0.4 is 4.74 Å². The topological polar surface area (TPSA) is 35.5 Å². The predicted octanol–water partition coefficient (Wildman–Crippen LogP) is 4.88. The molecular weight excluding hydrogens is 324 g/mol. The molecule has 0 unspecified atom stereocenters. The third kappa shape index (κ3) is 4.12. The lowest BCUT2D eigenvalue weighted by Gasteiger charge is -2.18. The Morgan fingerprint density at radius 1 is 0.885 bits per heavy atom. The van der Waals surface area contributed by atoms with Crippen molar-refractivity contribution in [2.75, 3.05) is 7.11 Å². The Morgan fingerprint density at radius 2 is 1.46 bits per heavy atom. The Hall–Kier alpha value is -3.07. The third-order valence-corrected chi connectivity index (χ3v) is 4.31. The van der Waals surface area contributed by atoms with Gasteiger partial charge >= 0.3 is 5.97 Å². The second kappa shape index (κ2) is 8.34. The molecule has 0 bridgehead atoms. The molecular formula is C23H22O3. The summed E-state index contributed by atoms with van der Waals surface area (Å²) in [5, 5.41) is 0. The Balaban J connectivity index is 1.84. The van der Waals surface area contributed by atoms with Crippen LogP contribution in [-0.4, -0.2) is 13.1 Å². The molecule has 0 radical (unpaired) electrons. The lowest BCUT2D eigenvalue weighted by Crippen LogP contribution is -2.17. The zero-order valence-electron chi connectivity index (χ0n) is 15.0. The molecule has 3 heteroatoms. The highest BCUT2D eigenvalue weighted by Crippen LogP contribution is 2.27. The molecule has 3 rings (SSSR count). The van der Waals surface area contributed by atoms with E-state index in [4.69, 9.17) is 9.47 Å². The van der Waals surface area contributed by atoms with E-state index in [0.29, 0.717) is 0 Å². The van der Waals surface area contributed by atoms with E-state index in [-0.39, 0.29) is 12.6 Å². The second-order valence-electron chi connectivity index (χ2n) is 6.18. The molecule has 26 heavy (non-hydrogen) atoms. The van der Waals surface area contributed by atoms with E-state index in [1.54, 1.807) is 7.11 Å². The van der Waals surface area contributed by atoms with Gasteiger partial charge in [0.2, 0.25) is 0 Å². The fourth-order valence-corrected chi connectivity index (χ4v) is 3.01. The minimum absolute atomic E-state index is 0.180. The van der Waals surface area contributed by atoms with Gasteiger partial charge in [-0.1, -0.05) is 72.3 Å². The van der Waals surface area contributed by atoms with Crippen molar-refractivity contribution in [3.05, 3.63) is 101 Å². The Kier molecular flexibility index (Phi) is 5.69. The number of carbonyl (C=O) groups is 1. The summed E-state index contributed by atoms with van der Waals surface area (Å²) in [7, 11) is 1.62. The van der Waals surface area contributed by atoms with Gasteiger partial charge in [0.25, 0.3) is 0 Å². The number of aryl methyl sites for hydroxylation is 1. The molecule has 132 valence electrons. The van der Waals surface area contributed by atoms with E-state index < -0.39 is 5.92 Å². The molecule has 0 aromatic heterocycles. The highest BCUT2D eigenvalue weighted by molar-refractivity contribution is 5.82. The summed E-state index contributed by atoms with van der Waals surface area (Å²) in [4.78, 5) is 12.9. The highest BCUT2D eigenvalue weighted by Gasteiger charge is 2.24. The lowest BCUT2D eigenvalue weighted by atomic mass is 9.91. The number of carbonyl (C=O) groups excluding carboxylic acids is 1. The van der Waals surface area contributed by atoms with Crippen LogP contribution in [0.1, 0.15) is 28.2 Å². The van der Waals surface area contributed by atoms with Gasteiger partial charge in [0, 0.05) is 5.56 Å². The number of benzene rings is 3. The van der Waals surface area contributed by atoms with Crippen LogP contribution in [0, 0.1) is 6.92 Å². The van der Waals surface area contributed by atoms with Crippen LogP contribution in [-0.2, 0) is 16.1 Å². The van der Waals surface area contributed by atoms with Crippen LogP contribution >= 0.6 is 0 Å². The van der Waals surface area contributed by atoms with Gasteiger partial charge in [0.1, 0.15) is 18.3 Å². The SMILES string of the molecule is COc1ccc(C)cc1COC(=O)C(c1ccccc1)c1ccccc1. The van der Waals surface area contributed by atoms with E-state index in [2.05, 4.69) is 0 Å². The molecule has 0 aliphatic heterocycles. The second-order valence-corrected chi connectivity index (χ2v) is 6.18. The Labute approximate surface area is 154 Å². The summed E-state index contributed by atoms with van der Waals surface area (Å²) in [6, 6.07) is 25.3. The molecule has 0 heterocycles. The van der Waals surface area contributed by atoms with E-state index in [1.807, 2.05) is 85.8 Å². The number of hydrogen-bond acceptors (Lipinski definition) is 3. The Morgan fingerprint density at radius 3 is 2.00 bits per heavy atom. The van der Waals surface area contributed by atoms with E-state index >= 15 is 0 Å². The molecule has 0 N–H and O–H groups in total. The first-order valence-corrected chi connectivity index (χ1v) is 8.59. The van der Waals surface area contributed by atoms with Crippen LogP contribution in [0.2, 0.25) is 0 Å². The maximum Gasteiger partial charge on any atom is 0.318 e. The molecule has 0 aliphatic carbocycles. The molecule has 0 spiro atoms. The summed E-state index contributed by atoms with van der Waals surface area (Å²) in [5.74, 6) is -0.00136. The first-order valence-electron chi connectivity index (χ1n) is 8.59. The van der Waals surface area contributed by atoms with Gasteiger partial charge in [-0.2, -0.15) is 0 Å². The summed E-state index contributed by atoms with van der Waals surface area (Å²) in [6.45, 7) is 2.18. The molecule has 0 saturated carbocycles. The van der Waals surface area contributed by atoms with Gasteiger partial charge < -0.3 is 9.47 Å². The lowest BCUT2D eigenvalue weighted by molar-refractivity contribution is -0.145. The standard InChI is InChI=1S/C23H22O3/c1-17-13-14-21(25-2)20(15-17)16-26-23(24)22(18-9-5-3-6-10-18)19-11-7-4-8-12-19/h3-15,22H,16H2,1-2H3. The minimum atomic E-state index is -0.451. The monoisotopic (exact) mass is 346 g/mol. The number of esters is 1. The van der Waals surface area contributed by atoms with Gasteiger partial charge in [0.15, 0.2) is 0 Å². The van der Waals surface area contributed by atoms with Crippen molar-refractivity contribution in [2.45, 2.75) is 19.4 Å². The molecule has 0 fully saturated rings. The average molecular weight is 346 g/mol. The van der Waals surface area contributed by atoms with Crippen molar-refractivity contribution in [1.29, 1.82) is 0 Å². The summed E-state index contributed by atoms with van der Waals surface area (Å²) >= 11 is 0. The van der Waals surface area contributed by atoms with Crippen molar-refractivity contribution < 1.29 is 14.3 Å². The predicted molar refractivity (Wildman–Crippen MR) is 102 cm³/mol. The Bertz CT molecular complexity index is 818. The molecule has 3 aromatic rings. The summed E-state index contributed by atoms with van der Waals surface area (Å²) in [6.07, 6.45) is 0. The highest BCUT2D eigenvalue weighted by atomic mass is 16.5. The first-order chi connectivity index (χ1) is 12.7. The summed E-state index contributed by atoms with van der Waals surface area (Å²) in [5.41, 5.74) is 3.79. The molecule has 3 nitrogen and oxygen atoms in total. The van der Waals surface area contributed by atoms with Crippen LogP contribution in [0.3, 0.4) is 0 Å². The molecule has 0 atom stereocenters. The van der Waals surface area contributed by atoms with Crippen LogP contribution in [0.4, 0.5) is 0 Å². The van der Waals surface area contributed by atoms with Gasteiger partial charge in [-0.25, -0.2) is 0 Å². The van der Waals surface area contributed by atoms with Crippen LogP contribution in [0.15, 0.2) is 78.9 Å². The summed E-state index contributed by atoms with van der Waals surface area (Å²) < 4.78 is 11.0. The molecule has 0 saturated heterocycles. The zero-order valence-corrected chi connectivity index (χ0v) is 15.0. The van der Waals surface area contributed by atoms with E-state index in [9.17, 15) is 4.79 Å².